The molecule has 2 saturated heterocycles. The summed E-state index contributed by atoms with van der Waals surface area (Å²) in [5, 5.41) is 3.18. The Hall–Kier alpha value is -1.35. The zero-order chi connectivity index (χ0) is 23.0. The highest BCUT2D eigenvalue weighted by Crippen LogP contribution is 2.46. The second-order valence-corrected chi connectivity index (χ2v) is 11.6. The van der Waals surface area contributed by atoms with E-state index >= 15 is 0 Å². The summed E-state index contributed by atoms with van der Waals surface area (Å²) in [6, 6.07) is -1.38. The number of rotatable bonds is 4. The van der Waals surface area contributed by atoms with E-state index in [1.165, 1.54) is 4.90 Å². The van der Waals surface area contributed by atoms with Crippen molar-refractivity contribution in [2.75, 3.05) is 12.8 Å². The first-order chi connectivity index (χ1) is 13.7. The molecule has 0 saturated carbocycles. The number of fused-ring (bicyclic) bond motifs is 1. The van der Waals surface area contributed by atoms with Gasteiger partial charge in [0.1, 0.15) is 11.6 Å². The number of likely N-dealkylation sites (N-methyl/N-ethyl adjacent to an activating group) is 1. The molecule has 2 rings (SSSR count). The summed E-state index contributed by atoms with van der Waals surface area (Å²) >= 11 is 7.26. The molecule has 1 unspecified atom stereocenters. The van der Waals surface area contributed by atoms with Crippen molar-refractivity contribution in [2.45, 2.75) is 90.4 Å². The van der Waals surface area contributed by atoms with Crippen molar-refractivity contribution in [3.63, 3.8) is 0 Å². The van der Waals surface area contributed by atoms with Gasteiger partial charge in [-0.1, -0.05) is 26.1 Å². The summed E-state index contributed by atoms with van der Waals surface area (Å²) in [5.74, 6) is 0.715. The highest BCUT2D eigenvalue weighted by molar-refractivity contribution is 7.99. The monoisotopic (exact) mass is 457 g/mol. The van der Waals surface area contributed by atoms with Crippen LogP contribution >= 0.6 is 24.0 Å². The largest absolute Gasteiger partial charge is 0.444 e. The van der Waals surface area contributed by atoms with E-state index in [-0.39, 0.29) is 22.5 Å². The first-order valence-electron chi connectivity index (χ1n) is 10.4. The number of amides is 2. The number of thioether (sulfide) groups is 1. The number of ether oxygens (including phenoxy) is 1. The minimum absolute atomic E-state index is 0.00336. The van der Waals surface area contributed by atoms with Crippen molar-refractivity contribution in [1.29, 1.82) is 0 Å². The predicted octanol–water partition coefficient (Wildman–Crippen LogP) is 3.21. The Balaban J connectivity index is 2.12. The quantitative estimate of drug-likeness (QED) is 0.650. The maximum Gasteiger partial charge on any atom is 0.410 e. The lowest BCUT2D eigenvalue weighted by atomic mass is 9.83. The van der Waals surface area contributed by atoms with Gasteiger partial charge in [0.25, 0.3) is 0 Å². The van der Waals surface area contributed by atoms with Crippen molar-refractivity contribution in [1.82, 2.24) is 15.1 Å². The summed E-state index contributed by atoms with van der Waals surface area (Å²) < 4.78 is 5.41. The summed E-state index contributed by atoms with van der Waals surface area (Å²) in [7, 11) is 1.63. The molecule has 0 radical (unpaired) electrons. The molecule has 1 N–H and O–H groups in total. The molecular formula is C21H35N3O4S2. The first-order valence-corrected chi connectivity index (χ1v) is 11.8. The third-order valence-electron chi connectivity index (χ3n) is 5.64. The molecule has 2 heterocycles. The number of Topliss-reactive ketones (excluding diaryl/α,β-unsaturated/α-hetero) is 1. The van der Waals surface area contributed by atoms with E-state index in [0.717, 1.165) is 12.2 Å². The highest BCUT2D eigenvalue weighted by atomic mass is 32.2. The van der Waals surface area contributed by atoms with Crippen LogP contribution in [0.2, 0.25) is 0 Å². The van der Waals surface area contributed by atoms with Gasteiger partial charge in [0.05, 0.1) is 22.4 Å². The average Bonchev–Trinajstić information content (AvgIpc) is 2.79. The molecule has 0 spiro atoms. The molecule has 2 amide bonds. The number of nitrogens with zero attached hydrogens (tertiary/aromatic N) is 2. The fourth-order valence-corrected chi connectivity index (χ4v) is 5.95. The van der Waals surface area contributed by atoms with Gasteiger partial charge in [0.15, 0.2) is 5.78 Å². The fraction of sp³-hybridized carbons (Fsp3) is 0.810. The molecule has 170 valence electrons. The number of hydrogen-bond acceptors (Lipinski definition) is 6. The van der Waals surface area contributed by atoms with E-state index in [2.05, 4.69) is 5.32 Å². The number of hydrogen-bond donors (Lipinski definition) is 1. The minimum atomic E-state index is -0.603. The van der Waals surface area contributed by atoms with Crippen molar-refractivity contribution < 1.29 is 19.1 Å². The smallest absolute Gasteiger partial charge is 0.410 e. The van der Waals surface area contributed by atoms with Crippen LogP contribution in [-0.2, 0) is 14.3 Å². The molecular weight excluding hydrogens is 422 g/mol. The number of thiocarbonyl (C=S) groups is 1. The molecule has 2 aliphatic rings. The zero-order valence-corrected chi connectivity index (χ0v) is 20.9. The molecule has 9 heteroatoms. The fourth-order valence-electron chi connectivity index (χ4n) is 4.08. The van der Waals surface area contributed by atoms with Gasteiger partial charge in [0, 0.05) is 7.05 Å². The highest BCUT2D eigenvalue weighted by Gasteiger charge is 2.53. The van der Waals surface area contributed by atoms with Crippen molar-refractivity contribution in [3.05, 3.63) is 0 Å². The van der Waals surface area contributed by atoms with Gasteiger partial charge in [-0.2, -0.15) is 0 Å². The van der Waals surface area contributed by atoms with Gasteiger partial charge in [0.2, 0.25) is 5.91 Å². The maximum atomic E-state index is 13.4. The van der Waals surface area contributed by atoms with Crippen molar-refractivity contribution >= 4 is 46.8 Å². The Morgan fingerprint density at radius 3 is 2.50 bits per heavy atom. The number of nitrogens with one attached hydrogen (secondary N) is 1. The van der Waals surface area contributed by atoms with Crippen LogP contribution in [0, 0.1) is 5.41 Å². The van der Waals surface area contributed by atoms with Crippen LogP contribution in [0.1, 0.15) is 61.3 Å². The number of carbonyl (C=O) groups excluding carboxylic acids is 3. The van der Waals surface area contributed by atoms with Gasteiger partial charge in [-0.15, -0.1) is 11.8 Å². The Kier molecular flexibility index (Phi) is 7.49. The van der Waals surface area contributed by atoms with Gasteiger partial charge in [-0.05, 0) is 58.6 Å². The van der Waals surface area contributed by atoms with Crippen LogP contribution in [0.3, 0.4) is 0 Å². The van der Waals surface area contributed by atoms with Crippen molar-refractivity contribution in [3.8, 4) is 0 Å². The average molecular weight is 458 g/mol. The van der Waals surface area contributed by atoms with Gasteiger partial charge in [-0.25, -0.2) is 4.79 Å². The summed E-state index contributed by atoms with van der Waals surface area (Å²) in [4.78, 5) is 41.7. The van der Waals surface area contributed by atoms with E-state index in [1.54, 1.807) is 58.3 Å². The van der Waals surface area contributed by atoms with E-state index in [4.69, 9.17) is 17.0 Å². The molecule has 0 aromatic rings. The van der Waals surface area contributed by atoms with Crippen LogP contribution in [0.25, 0.3) is 0 Å². The summed E-state index contributed by atoms with van der Waals surface area (Å²) in [6.45, 7) is 12.9. The molecule has 2 aliphatic heterocycles. The Morgan fingerprint density at radius 2 is 1.97 bits per heavy atom. The minimum Gasteiger partial charge on any atom is -0.444 e. The lowest BCUT2D eigenvalue weighted by Crippen LogP contribution is -2.56. The van der Waals surface area contributed by atoms with Gasteiger partial charge in [-0.3, -0.25) is 9.59 Å². The molecule has 4 atom stereocenters. The van der Waals surface area contributed by atoms with Crippen molar-refractivity contribution in [2.24, 2.45) is 5.41 Å². The third kappa shape index (κ3) is 5.46. The molecule has 30 heavy (non-hydrogen) atoms. The Labute approximate surface area is 189 Å². The number of carbonyl (C=O) groups is 3. The van der Waals surface area contributed by atoms with E-state index < -0.39 is 29.8 Å². The van der Waals surface area contributed by atoms with Gasteiger partial charge >= 0.3 is 6.09 Å². The van der Waals surface area contributed by atoms with E-state index in [0.29, 0.717) is 11.4 Å². The second-order valence-electron chi connectivity index (χ2n) is 9.89. The van der Waals surface area contributed by atoms with Crippen LogP contribution in [-0.4, -0.2) is 74.5 Å². The molecule has 2 fully saturated rings. The van der Waals surface area contributed by atoms with Crippen LogP contribution in [0.15, 0.2) is 0 Å². The lowest BCUT2D eigenvalue weighted by Gasteiger charge is -2.34. The molecule has 7 nitrogen and oxygen atoms in total. The molecule has 0 bridgehead atoms. The Morgan fingerprint density at radius 1 is 1.37 bits per heavy atom. The van der Waals surface area contributed by atoms with E-state index in [9.17, 15) is 14.4 Å². The predicted molar refractivity (Wildman–Crippen MR) is 124 cm³/mol. The third-order valence-corrected chi connectivity index (χ3v) is 7.35. The standard InChI is InChI=1S/C21H35N3O4S2/c1-12(23(8)19(27)28-20(3,4)5)17(29)22-14-9-10-30-15-11-21(6,7)16(13(2)25)24(15)18(14)26/h12,14-16H,9-11H2,1-8H3,(H,22,29)/t12-,14-,15-,16?/m0/s1. The summed E-state index contributed by atoms with van der Waals surface area (Å²) in [5.41, 5.74) is -0.861. The lowest BCUT2D eigenvalue weighted by molar-refractivity contribution is -0.140. The molecule has 0 aromatic heterocycles. The molecule has 0 aromatic carbocycles. The van der Waals surface area contributed by atoms with E-state index in [1.807, 2.05) is 13.8 Å². The molecule has 0 aliphatic carbocycles. The van der Waals surface area contributed by atoms with Crippen LogP contribution < -0.4 is 5.32 Å². The SMILES string of the molecule is CC(=O)C1N2C(=O)[C@@H](NC(=S)[C@H](C)N(C)C(=O)OC(C)(C)C)CCS[C@H]2CC1(C)C. The summed E-state index contributed by atoms with van der Waals surface area (Å²) in [6.07, 6.45) is 0.938. The first kappa shape index (κ1) is 24.9. The number of ketones is 1. The topological polar surface area (TPSA) is 79.0 Å². The Bertz CT molecular complexity index is 720. The second kappa shape index (κ2) is 9.02. The maximum absolute atomic E-state index is 13.4. The van der Waals surface area contributed by atoms with Crippen LogP contribution in [0.5, 0.6) is 0 Å². The normalized spacial score (nSPS) is 27.0. The van der Waals surface area contributed by atoms with Crippen LogP contribution in [0.4, 0.5) is 4.79 Å². The van der Waals surface area contributed by atoms with Gasteiger partial charge < -0.3 is 19.9 Å². The zero-order valence-electron chi connectivity index (χ0n) is 19.3.